The third kappa shape index (κ3) is 1.69. The molecule has 0 unspecified atom stereocenters. The van der Waals surface area contributed by atoms with Crippen LogP contribution in [0.2, 0.25) is 0 Å². The van der Waals surface area contributed by atoms with Gasteiger partial charge in [-0.2, -0.15) is 0 Å². The lowest BCUT2D eigenvalue weighted by atomic mass is 10.3. The average Bonchev–Trinajstić information content (AvgIpc) is 2.44. The molecule has 1 heterocycles. The summed E-state index contributed by atoms with van der Waals surface area (Å²) in [5, 5.41) is 0. The Hall–Kier alpha value is -0.820. The second kappa shape index (κ2) is 2.60. The molecule has 0 fully saturated rings. The molecule has 0 amide bonds. The van der Waals surface area contributed by atoms with E-state index in [-0.39, 0.29) is 4.34 Å². The minimum Gasteiger partial charge on any atom is -0.303 e. The molecule has 0 atom stereocenters. The fourth-order valence-electron chi connectivity index (χ4n) is 1.05. The van der Waals surface area contributed by atoms with Crippen molar-refractivity contribution in [3.8, 4) is 0 Å². The number of rotatable bonds is 1. The summed E-state index contributed by atoms with van der Waals surface area (Å²) in [5.74, 6) is 0. The van der Waals surface area contributed by atoms with E-state index in [1.807, 2.05) is 6.07 Å². The van der Waals surface area contributed by atoms with E-state index in [2.05, 4.69) is 4.98 Å². The Bertz CT molecular complexity index is 510. The van der Waals surface area contributed by atoms with Gasteiger partial charge in [0.2, 0.25) is 4.34 Å². The zero-order chi connectivity index (χ0) is 10.4. The summed E-state index contributed by atoms with van der Waals surface area (Å²) in [7, 11) is -4.68. The van der Waals surface area contributed by atoms with Crippen molar-refractivity contribution in [1.29, 1.82) is 0 Å². The average molecular weight is 231 g/mol. The summed E-state index contributed by atoms with van der Waals surface area (Å²) < 4.78 is 30.7. The summed E-state index contributed by atoms with van der Waals surface area (Å²) in [5.41, 5.74) is 0.622. The van der Waals surface area contributed by atoms with E-state index in [1.54, 1.807) is 18.2 Å². The van der Waals surface area contributed by atoms with Crippen molar-refractivity contribution >= 4 is 31.2 Å². The normalized spacial score (nSPS) is 15.2. The lowest BCUT2D eigenvalue weighted by Crippen LogP contribution is -2.28. The first kappa shape index (κ1) is 9.72. The highest BCUT2D eigenvalue weighted by atomic mass is 32.3. The van der Waals surface area contributed by atoms with Crippen molar-refractivity contribution in [1.82, 2.24) is 4.98 Å². The molecule has 1 aromatic heterocycles. The van der Waals surface area contributed by atoms with Gasteiger partial charge in [0.05, 0.1) is 10.2 Å². The minimum absolute atomic E-state index is 0.136. The quantitative estimate of drug-likeness (QED) is 0.788. The van der Waals surface area contributed by atoms with Crippen molar-refractivity contribution in [2.75, 3.05) is 6.26 Å². The molecule has 2 N–H and O–H groups in total. The van der Waals surface area contributed by atoms with Crippen molar-refractivity contribution in [3.63, 3.8) is 0 Å². The predicted molar refractivity (Wildman–Crippen MR) is 57.2 cm³/mol. The van der Waals surface area contributed by atoms with Crippen LogP contribution in [0.15, 0.2) is 28.6 Å². The summed E-state index contributed by atoms with van der Waals surface area (Å²) in [6.07, 6.45) is 0.884. The highest BCUT2D eigenvalue weighted by Gasteiger charge is 2.29. The van der Waals surface area contributed by atoms with Crippen LogP contribution in [0.25, 0.3) is 10.2 Å². The smallest absolute Gasteiger partial charge is 0.206 e. The van der Waals surface area contributed by atoms with E-state index in [4.69, 9.17) is 0 Å². The Labute approximate surface area is 84.7 Å². The molecular weight excluding hydrogens is 222 g/mol. The second-order valence-corrected chi connectivity index (χ2v) is 7.32. The summed E-state index contributed by atoms with van der Waals surface area (Å²) >= 11 is 1.03. The summed E-state index contributed by atoms with van der Waals surface area (Å²) in [6, 6.07) is 7.11. The van der Waals surface area contributed by atoms with Crippen LogP contribution >= 0.6 is 11.3 Å². The van der Waals surface area contributed by atoms with Gasteiger partial charge in [-0.3, -0.25) is 0 Å². The Balaban J connectivity index is 2.74. The van der Waals surface area contributed by atoms with Crippen molar-refractivity contribution in [3.05, 3.63) is 24.3 Å². The van der Waals surface area contributed by atoms with Crippen molar-refractivity contribution in [2.45, 2.75) is 4.34 Å². The monoisotopic (exact) mass is 231 g/mol. The molecule has 0 bridgehead atoms. The van der Waals surface area contributed by atoms with E-state index in [9.17, 15) is 13.3 Å². The van der Waals surface area contributed by atoms with E-state index in [1.165, 1.54) is 0 Å². The van der Waals surface area contributed by atoms with Gasteiger partial charge in [0.15, 0.2) is 0 Å². The SMILES string of the molecule is CS(=O)(O)(O)c1nc2ccccc2s1. The van der Waals surface area contributed by atoms with Crippen LogP contribution in [-0.4, -0.2) is 24.6 Å². The largest absolute Gasteiger partial charge is 0.303 e. The van der Waals surface area contributed by atoms with Gasteiger partial charge in [0.1, 0.15) is 9.63 Å². The van der Waals surface area contributed by atoms with Crippen LogP contribution in [0, 0.1) is 0 Å². The van der Waals surface area contributed by atoms with Gasteiger partial charge in [-0.1, -0.05) is 12.1 Å². The Kier molecular flexibility index (Phi) is 1.81. The number of nitrogens with zero attached hydrogens (tertiary/aromatic N) is 1. The van der Waals surface area contributed by atoms with E-state index in [0.29, 0.717) is 5.52 Å². The molecule has 0 saturated heterocycles. The number of thiazole rings is 1. The lowest BCUT2D eigenvalue weighted by molar-refractivity contribution is 0.398. The maximum Gasteiger partial charge on any atom is 0.206 e. The van der Waals surface area contributed by atoms with Crippen LogP contribution in [0.1, 0.15) is 0 Å². The molecule has 0 aliphatic carbocycles. The van der Waals surface area contributed by atoms with Gasteiger partial charge in [-0.05, 0) is 12.1 Å². The number of benzene rings is 1. The van der Waals surface area contributed by atoms with Gasteiger partial charge >= 0.3 is 0 Å². The van der Waals surface area contributed by atoms with Crippen LogP contribution < -0.4 is 0 Å². The fourth-order valence-corrected chi connectivity index (χ4v) is 3.09. The molecule has 6 heteroatoms. The molecule has 14 heavy (non-hydrogen) atoms. The van der Waals surface area contributed by atoms with E-state index >= 15 is 0 Å². The van der Waals surface area contributed by atoms with Gasteiger partial charge in [0.25, 0.3) is 0 Å². The molecule has 2 aromatic rings. The summed E-state index contributed by atoms with van der Waals surface area (Å²) in [6.45, 7) is 0. The van der Waals surface area contributed by atoms with Gasteiger partial charge in [-0.15, -0.1) is 11.3 Å². The van der Waals surface area contributed by atoms with Gasteiger partial charge in [-0.25, -0.2) is 9.19 Å². The van der Waals surface area contributed by atoms with Crippen molar-refractivity contribution < 1.29 is 13.3 Å². The molecule has 0 aliphatic rings. The molecule has 2 rings (SSSR count). The third-order valence-electron chi connectivity index (χ3n) is 1.68. The van der Waals surface area contributed by atoms with Crippen LogP contribution in [-0.2, 0) is 9.63 Å². The standard InChI is InChI=1S/C8H9NO3S2/c1-14(10,11,12)8-9-6-4-2-3-5-7(6)13-8/h2-5H,1H3,(H2,10,11,12). The zero-order valence-electron chi connectivity index (χ0n) is 7.38. The van der Waals surface area contributed by atoms with Gasteiger partial charge < -0.3 is 9.11 Å². The number of fused-ring (bicyclic) bond motifs is 1. The number of hydrogen-bond acceptors (Lipinski definition) is 3. The number of hydrogen-bond donors (Lipinski definition) is 2. The predicted octanol–water partition coefficient (Wildman–Crippen LogP) is 2.05. The number of para-hydroxylation sites is 1. The zero-order valence-corrected chi connectivity index (χ0v) is 9.01. The Morgan fingerprint density at radius 2 is 2.00 bits per heavy atom. The first-order valence-electron chi connectivity index (χ1n) is 3.83. The molecule has 76 valence electrons. The molecule has 0 radical (unpaired) electrons. The van der Waals surface area contributed by atoms with Gasteiger partial charge in [0, 0.05) is 6.26 Å². The molecule has 0 aliphatic heterocycles. The lowest BCUT2D eigenvalue weighted by Gasteiger charge is -2.21. The first-order valence-corrected chi connectivity index (χ1v) is 6.93. The Morgan fingerprint density at radius 1 is 1.36 bits per heavy atom. The topological polar surface area (TPSA) is 70.4 Å². The Morgan fingerprint density at radius 3 is 2.57 bits per heavy atom. The molecular formula is C8H9NO3S2. The molecule has 1 aromatic carbocycles. The highest BCUT2D eigenvalue weighted by Crippen LogP contribution is 2.32. The van der Waals surface area contributed by atoms with E-state index < -0.39 is 9.63 Å². The highest BCUT2D eigenvalue weighted by molar-refractivity contribution is 8.11. The third-order valence-corrected chi connectivity index (χ3v) is 4.80. The van der Waals surface area contributed by atoms with E-state index in [0.717, 1.165) is 22.3 Å². The first-order chi connectivity index (χ1) is 6.33. The fraction of sp³-hybridized carbons (Fsp3) is 0.125. The van der Waals surface area contributed by atoms with Crippen molar-refractivity contribution in [2.24, 2.45) is 0 Å². The molecule has 4 nitrogen and oxygen atoms in total. The second-order valence-electron chi connectivity index (χ2n) is 3.18. The number of aromatic nitrogens is 1. The molecule has 0 saturated carbocycles. The summed E-state index contributed by atoms with van der Waals surface area (Å²) in [4.78, 5) is 3.91. The molecule has 0 spiro atoms. The van der Waals surface area contributed by atoms with Crippen LogP contribution in [0.4, 0.5) is 0 Å². The maximum atomic E-state index is 11.4. The van der Waals surface area contributed by atoms with Crippen LogP contribution in [0.3, 0.4) is 0 Å². The minimum atomic E-state index is -4.68. The van der Waals surface area contributed by atoms with Crippen LogP contribution in [0.5, 0.6) is 0 Å². The maximum absolute atomic E-state index is 11.4.